The van der Waals surface area contributed by atoms with E-state index in [9.17, 15) is 9.59 Å². The van der Waals surface area contributed by atoms with E-state index in [0.717, 1.165) is 11.3 Å². The summed E-state index contributed by atoms with van der Waals surface area (Å²) in [4.78, 5) is 23.1. The molecule has 0 atom stereocenters. The van der Waals surface area contributed by atoms with Crippen LogP contribution < -0.4 is 10.1 Å². The fourth-order valence-electron chi connectivity index (χ4n) is 2.53. The fourth-order valence-corrected chi connectivity index (χ4v) is 2.53. The van der Waals surface area contributed by atoms with Crippen LogP contribution in [0.15, 0.2) is 18.2 Å². The molecule has 0 saturated carbocycles. The minimum Gasteiger partial charge on any atom is -0.482 e. The van der Waals surface area contributed by atoms with Crippen molar-refractivity contribution >= 4 is 17.6 Å². The number of hydrogen-bond acceptors (Lipinski definition) is 4. The molecule has 0 fully saturated rings. The second kappa shape index (κ2) is 7.16. The highest BCUT2D eigenvalue weighted by atomic mass is 16.5. The molecule has 1 amide bonds. The van der Waals surface area contributed by atoms with Crippen LogP contribution in [0.2, 0.25) is 0 Å². The molecule has 0 saturated heterocycles. The summed E-state index contributed by atoms with van der Waals surface area (Å²) < 4.78 is 6.92. The number of nitrogens with one attached hydrogen (secondary N) is 1. The van der Waals surface area contributed by atoms with E-state index in [2.05, 4.69) is 10.4 Å². The van der Waals surface area contributed by atoms with E-state index in [-0.39, 0.29) is 5.91 Å². The van der Waals surface area contributed by atoms with E-state index in [0.29, 0.717) is 29.2 Å². The first-order chi connectivity index (χ1) is 11.3. The van der Waals surface area contributed by atoms with E-state index < -0.39 is 12.6 Å². The van der Waals surface area contributed by atoms with Crippen molar-refractivity contribution in [1.82, 2.24) is 9.78 Å². The normalized spacial score (nSPS) is 10.5. The van der Waals surface area contributed by atoms with E-state index in [1.165, 1.54) is 0 Å². The van der Waals surface area contributed by atoms with Gasteiger partial charge in [0, 0.05) is 17.9 Å². The summed E-state index contributed by atoms with van der Waals surface area (Å²) in [6.45, 7) is 7.77. The molecule has 24 heavy (non-hydrogen) atoms. The second-order valence-corrected chi connectivity index (χ2v) is 5.47. The number of ether oxygens (including phenoxy) is 1. The predicted octanol–water partition coefficient (Wildman–Crippen LogP) is 2.54. The molecule has 0 aliphatic heterocycles. The van der Waals surface area contributed by atoms with Gasteiger partial charge in [-0.25, -0.2) is 4.79 Å². The first-order valence-electron chi connectivity index (χ1n) is 7.64. The van der Waals surface area contributed by atoms with Crippen molar-refractivity contribution in [3.8, 4) is 5.75 Å². The van der Waals surface area contributed by atoms with Crippen LogP contribution in [-0.2, 0) is 11.3 Å². The lowest BCUT2D eigenvalue weighted by Crippen LogP contribution is -2.15. The summed E-state index contributed by atoms with van der Waals surface area (Å²) in [5.41, 5.74) is 3.51. The molecular weight excluding hydrogens is 310 g/mol. The summed E-state index contributed by atoms with van der Waals surface area (Å²) in [5.74, 6) is -0.810. The number of carbonyl (C=O) groups excluding carboxylic acids is 1. The van der Waals surface area contributed by atoms with Crippen molar-refractivity contribution in [2.75, 3.05) is 11.9 Å². The topological polar surface area (TPSA) is 93.5 Å². The molecular formula is C17H21N3O4. The summed E-state index contributed by atoms with van der Waals surface area (Å²) in [5, 5.41) is 15.9. The van der Waals surface area contributed by atoms with Gasteiger partial charge < -0.3 is 15.2 Å². The number of benzene rings is 1. The third-order valence-corrected chi connectivity index (χ3v) is 3.72. The summed E-state index contributed by atoms with van der Waals surface area (Å²) >= 11 is 0. The Morgan fingerprint density at radius 1 is 1.29 bits per heavy atom. The molecule has 2 aromatic rings. The van der Waals surface area contributed by atoms with Gasteiger partial charge in [-0.15, -0.1) is 0 Å². The number of carboxylic acids is 1. The Morgan fingerprint density at radius 3 is 2.54 bits per heavy atom. The molecule has 0 bridgehead atoms. The zero-order chi connectivity index (χ0) is 17.9. The molecule has 1 aromatic heterocycles. The number of hydrogen-bond donors (Lipinski definition) is 2. The summed E-state index contributed by atoms with van der Waals surface area (Å²) in [7, 11) is 0. The summed E-state index contributed by atoms with van der Waals surface area (Å²) in [6, 6.07) is 5.01. The van der Waals surface area contributed by atoms with Gasteiger partial charge in [0.05, 0.1) is 11.3 Å². The van der Waals surface area contributed by atoms with E-state index in [1.807, 2.05) is 27.7 Å². The number of aliphatic carboxylic acids is 1. The predicted molar refractivity (Wildman–Crippen MR) is 89.6 cm³/mol. The van der Waals surface area contributed by atoms with Crippen molar-refractivity contribution in [3.63, 3.8) is 0 Å². The van der Waals surface area contributed by atoms with Crippen LogP contribution in [0.1, 0.15) is 34.2 Å². The van der Waals surface area contributed by atoms with Gasteiger partial charge in [-0.3, -0.25) is 9.48 Å². The molecule has 0 aliphatic rings. The van der Waals surface area contributed by atoms with Crippen LogP contribution in [0, 0.1) is 20.8 Å². The average Bonchev–Trinajstić information content (AvgIpc) is 2.81. The van der Waals surface area contributed by atoms with Crippen LogP contribution in [-0.4, -0.2) is 33.4 Å². The number of aryl methyl sites for hydroxylation is 3. The Bertz CT molecular complexity index is 780. The van der Waals surface area contributed by atoms with Crippen LogP contribution in [0.5, 0.6) is 5.75 Å². The Labute approximate surface area is 140 Å². The third-order valence-electron chi connectivity index (χ3n) is 3.72. The lowest BCUT2D eigenvalue weighted by Gasteiger charge is -2.11. The van der Waals surface area contributed by atoms with Gasteiger partial charge in [-0.05, 0) is 51.5 Å². The first kappa shape index (κ1) is 17.5. The molecule has 2 rings (SSSR count). The molecule has 0 aliphatic carbocycles. The number of nitrogens with zero attached hydrogens (tertiary/aromatic N) is 2. The smallest absolute Gasteiger partial charge is 0.341 e. The van der Waals surface area contributed by atoms with Crippen LogP contribution in [0.25, 0.3) is 0 Å². The summed E-state index contributed by atoms with van der Waals surface area (Å²) in [6.07, 6.45) is 0. The molecule has 7 heteroatoms. The Kier molecular flexibility index (Phi) is 5.23. The monoisotopic (exact) mass is 331 g/mol. The minimum atomic E-state index is -1.04. The minimum absolute atomic E-state index is 0.216. The number of anilines is 1. The maximum atomic E-state index is 12.6. The van der Waals surface area contributed by atoms with Gasteiger partial charge in [-0.1, -0.05) is 0 Å². The SMILES string of the molecule is CCn1nc(C)c(C(=O)Nc2ccc(OCC(=O)O)cc2C)c1C. The third kappa shape index (κ3) is 3.73. The fraction of sp³-hybridized carbons (Fsp3) is 0.353. The highest BCUT2D eigenvalue weighted by Crippen LogP contribution is 2.23. The Hall–Kier alpha value is -2.83. The van der Waals surface area contributed by atoms with Crippen molar-refractivity contribution in [1.29, 1.82) is 0 Å². The number of carbonyl (C=O) groups is 2. The highest BCUT2D eigenvalue weighted by Gasteiger charge is 2.18. The average molecular weight is 331 g/mol. The van der Waals surface area contributed by atoms with Crippen molar-refractivity contribution in [3.05, 3.63) is 40.7 Å². The van der Waals surface area contributed by atoms with Gasteiger partial charge >= 0.3 is 5.97 Å². The van der Waals surface area contributed by atoms with E-state index in [4.69, 9.17) is 9.84 Å². The van der Waals surface area contributed by atoms with Crippen LogP contribution in [0.4, 0.5) is 5.69 Å². The zero-order valence-corrected chi connectivity index (χ0v) is 14.2. The number of rotatable bonds is 6. The number of carboxylic acid groups (broad SMARTS) is 1. The van der Waals surface area contributed by atoms with E-state index in [1.54, 1.807) is 22.9 Å². The van der Waals surface area contributed by atoms with Gasteiger partial charge in [0.1, 0.15) is 5.75 Å². The maximum absolute atomic E-state index is 12.6. The molecule has 0 spiro atoms. The van der Waals surface area contributed by atoms with Crippen LogP contribution in [0.3, 0.4) is 0 Å². The molecule has 7 nitrogen and oxygen atoms in total. The first-order valence-corrected chi connectivity index (χ1v) is 7.64. The molecule has 1 heterocycles. The lowest BCUT2D eigenvalue weighted by atomic mass is 10.1. The Balaban J connectivity index is 2.17. The van der Waals surface area contributed by atoms with E-state index >= 15 is 0 Å². The molecule has 0 radical (unpaired) electrons. The number of aromatic nitrogens is 2. The number of amides is 1. The highest BCUT2D eigenvalue weighted by molar-refractivity contribution is 6.06. The zero-order valence-electron chi connectivity index (χ0n) is 14.2. The van der Waals surface area contributed by atoms with Crippen molar-refractivity contribution in [2.24, 2.45) is 0 Å². The lowest BCUT2D eigenvalue weighted by molar-refractivity contribution is -0.139. The van der Waals surface area contributed by atoms with Gasteiger partial charge in [0.15, 0.2) is 6.61 Å². The molecule has 128 valence electrons. The van der Waals surface area contributed by atoms with Crippen LogP contribution >= 0.6 is 0 Å². The molecule has 1 aromatic carbocycles. The van der Waals surface area contributed by atoms with Gasteiger partial charge in [-0.2, -0.15) is 5.10 Å². The van der Waals surface area contributed by atoms with Crippen molar-refractivity contribution in [2.45, 2.75) is 34.2 Å². The van der Waals surface area contributed by atoms with Gasteiger partial charge in [0.25, 0.3) is 5.91 Å². The maximum Gasteiger partial charge on any atom is 0.341 e. The second-order valence-electron chi connectivity index (χ2n) is 5.47. The van der Waals surface area contributed by atoms with Gasteiger partial charge in [0.2, 0.25) is 0 Å². The largest absolute Gasteiger partial charge is 0.482 e. The molecule has 2 N–H and O–H groups in total. The Morgan fingerprint density at radius 2 is 2.00 bits per heavy atom. The standard InChI is InChI=1S/C17H21N3O4/c1-5-20-12(4)16(11(3)19-20)17(23)18-14-7-6-13(8-10(14)2)24-9-15(21)22/h6-8H,5,9H2,1-4H3,(H,18,23)(H,21,22). The molecule has 0 unspecified atom stereocenters. The quantitative estimate of drug-likeness (QED) is 0.848. The van der Waals surface area contributed by atoms with Crippen molar-refractivity contribution < 1.29 is 19.4 Å².